The van der Waals surface area contributed by atoms with Crippen LogP contribution in [0.1, 0.15) is 20.8 Å². The van der Waals surface area contributed by atoms with E-state index in [4.69, 9.17) is 14.2 Å². The van der Waals surface area contributed by atoms with Crippen molar-refractivity contribution in [1.29, 1.82) is 0 Å². The Bertz CT molecular complexity index is 467. The molecule has 0 aromatic heterocycles. The summed E-state index contributed by atoms with van der Waals surface area (Å²) in [5.41, 5.74) is -1.18. The Labute approximate surface area is 125 Å². The maximum absolute atomic E-state index is 11.4. The van der Waals surface area contributed by atoms with Crippen LogP contribution < -0.4 is 19.5 Å². The van der Waals surface area contributed by atoms with Gasteiger partial charge in [-0.2, -0.15) is 0 Å². The monoisotopic (exact) mass is 297 g/mol. The van der Waals surface area contributed by atoms with Crippen LogP contribution in [-0.4, -0.2) is 43.5 Å². The third-order valence-corrected chi connectivity index (χ3v) is 2.93. The summed E-state index contributed by atoms with van der Waals surface area (Å²) in [7, 11) is 3.08. The Morgan fingerprint density at radius 2 is 1.67 bits per heavy atom. The number of carboxylic acids is 1. The van der Waals surface area contributed by atoms with E-state index < -0.39 is 11.5 Å². The lowest BCUT2D eigenvalue weighted by molar-refractivity contribution is -0.145. The molecule has 0 fully saturated rings. The number of rotatable bonds is 8. The molecule has 0 amide bonds. The van der Waals surface area contributed by atoms with Gasteiger partial charge in [0, 0.05) is 24.2 Å². The van der Waals surface area contributed by atoms with E-state index in [0.717, 1.165) is 0 Å². The van der Waals surface area contributed by atoms with Crippen molar-refractivity contribution in [1.82, 2.24) is 5.32 Å². The minimum absolute atomic E-state index is 0.0170. The molecule has 0 radical (unpaired) electrons. The first-order chi connectivity index (χ1) is 9.80. The maximum atomic E-state index is 11.4. The van der Waals surface area contributed by atoms with E-state index in [1.165, 1.54) is 0 Å². The van der Waals surface area contributed by atoms with Gasteiger partial charge >= 0.3 is 5.97 Å². The third kappa shape index (κ3) is 4.82. The first-order valence-electron chi connectivity index (χ1n) is 6.67. The lowest BCUT2D eigenvalue weighted by atomic mass is 10.0. The highest BCUT2D eigenvalue weighted by atomic mass is 16.5. The third-order valence-electron chi connectivity index (χ3n) is 2.93. The highest BCUT2D eigenvalue weighted by Gasteiger charge is 2.34. The van der Waals surface area contributed by atoms with Gasteiger partial charge in [0.15, 0.2) is 0 Å². The maximum Gasteiger partial charge on any atom is 0.327 e. The van der Waals surface area contributed by atoms with Crippen LogP contribution in [0.4, 0.5) is 0 Å². The number of benzene rings is 1. The molecular formula is C15H23NO5. The van der Waals surface area contributed by atoms with E-state index in [1.54, 1.807) is 39.3 Å². The predicted molar refractivity (Wildman–Crippen MR) is 79.4 cm³/mol. The number of aliphatic carboxylic acids is 1. The zero-order valence-electron chi connectivity index (χ0n) is 13.1. The highest BCUT2D eigenvalue weighted by Crippen LogP contribution is 2.28. The number of hydrogen-bond acceptors (Lipinski definition) is 5. The van der Waals surface area contributed by atoms with Crippen molar-refractivity contribution in [2.75, 3.05) is 20.8 Å². The van der Waals surface area contributed by atoms with Crippen molar-refractivity contribution in [2.24, 2.45) is 0 Å². The summed E-state index contributed by atoms with van der Waals surface area (Å²) in [5.74, 6) is 0.687. The summed E-state index contributed by atoms with van der Waals surface area (Å²) in [6.45, 7) is 5.34. The number of nitrogens with one attached hydrogen (secondary N) is 1. The standard InChI is InChI=1S/C15H23NO5/c1-10(2)16-15(3,14(17)18)9-21-13-7-11(19-4)6-12(8-13)20-5/h6-8,10,16H,9H2,1-5H3,(H,17,18). The van der Waals surface area contributed by atoms with Gasteiger partial charge in [-0.1, -0.05) is 0 Å². The number of methoxy groups -OCH3 is 2. The normalized spacial score (nSPS) is 13.6. The number of ether oxygens (including phenoxy) is 3. The summed E-state index contributed by atoms with van der Waals surface area (Å²) in [6.07, 6.45) is 0. The molecule has 6 nitrogen and oxygen atoms in total. The van der Waals surface area contributed by atoms with Crippen LogP contribution in [0, 0.1) is 0 Å². The Kier molecular flexibility index (Phi) is 5.84. The van der Waals surface area contributed by atoms with Crippen molar-refractivity contribution >= 4 is 5.97 Å². The van der Waals surface area contributed by atoms with Gasteiger partial charge < -0.3 is 19.3 Å². The molecule has 118 valence electrons. The molecule has 0 heterocycles. The molecule has 6 heteroatoms. The van der Waals surface area contributed by atoms with Crippen LogP contribution in [0.3, 0.4) is 0 Å². The van der Waals surface area contributed by atoms with E-state index in [1.807, 2.05) is 13.8 Å². The van der Waals surface area contributed by atoms with Gasteiger partial charge in [0.2, 0.25) is 0 Å². The molecule has 0 aliphatic rings. The second-order valence-corrected chi connectivity index (χ2v) is 5.27. The van der Waals surface area contributed by atoms with Crippen LogP contribution in [0.15, 0.2) is 18.2 Å². The lowest BCUT2D eigenvalue weighted by Crippen LogP contribution is -2.56. The fraction of sp³-hybridized carbons (Fsp3) is 0.533. The fourth-order valence-corrected chi connectivity index (χ4v) is 1.89. The molecule has 1 rings (SSSR count). The fourth-order valence-electron chi connectivity index (χ4n) is 1.89. The second kappa shape index (κ2) is 7.17. The first-order valence-corrected chi connectivity index (χ1v) is 6.67. The van der Waals surface area contributed by atoms with Crippen molar-refractivity contribution in [3.63, 3.8) is 0 Å². The molecule has 2 N–H and O–H groups in total. The minimum Gasteiger partial charge on any atom is -0.496 e. The molecule has 0 aliphatic carbocycles. The smallest absolute Gasteiger partial charge is 0.327 e. The number of carboxylic acid groups (broad SMARTS) is 1. The van der Waals surface area contributed by atoms with Gasteiger partial charge in [-0.3, -0.25) is 10.1 Å². The van der Waals surface area contributed by atoms with Crippen LogP contribution in [-0.2, 0) is 4.79 Å². The molecule has 1 atom stereocenters. The number of carbonyl (C=O) groups is 1. The Balaban J connectivity index is 2.87. The molecule has 0 saturated heterocycles. The molecule has 21 heavy (non-hydrogen) atoms. The van der Waals surface area contributed by atoms with Gasteiger partial charge in [0.25, 0.3) is 0 Å². The van der Waals surface area contributed by atoms with Gasteiger partial charge in [0.05, 0.1) is 14.2 Å². The lowest BCUT2D eigenvalue weighted by Gasteiger charge is -2.28. The molecule has 0 saturated carbocycles. The Morgan fingerprint density at radius 1 is 1.19 bits per heavy atom. The Morgan fingerprint density at radius 3 is 2.05 bits per heavy atom. The SMILES string of the molecule is COc1cc(OC)cc(OCC(C)(NC(C)C)C(=O)O)c1. The van der Waals surface area contributed by atoms with Gasteiger partial charge in [0.1, 0.15) is 29.4 Å². The first kappa shape index (κ1) is 17.1. The Hall–Kier alpha value is -1.95. The summed E-state index contributed by atoms with van der Waals surface area (Å²) < 4.78 is 15.9. The van der Waals surface area contributed by atoms with Crippen LogP contribution in [0.5, 0.6) is 17.2 Å². The average molecular weight is 297 g/mol. The van der Waals surface area contributed by atoms with E-state index in [-0.39, 0.29) is 12.6 Å². The summed E-state index contributed by atoms with van der Waals surface area (Å²) in [6, 6.07) is 5.10. The molecule has 0 aliphatic heterocycles. The van der Waals surface area contributed by atoms with Crippen molar-refractivity contribution in [3.05, 3.63) is 18.2 Å². The van der Waals surface area contributed by atoms with Crippen LogP contribution >= 0.6 is 0 Å². The van der Waals surface area contributed by atoms with E-state index >= 15 is 0 Å². The quantitative estimate of drug-likeness (QED) is 0.763. The zero-order valence-corrected chi connectivity index (χ0v) is 13.1. The molecule has 1 aromatic carbocycles. The largest absolute Gasteiger partial charge is 0.496 e. The van der Waals surface area contributed by atoms with Crippen molar-refractivity contribution in [3.8, 4) is 17.2 Å². The van der Waals surface area contributed by atoms with Crippen molar-refractivity contribution in [2.45, 2.75) is 32.4 Å². The van der Waals surface area contributed by atoms with E-state index in [0.29, 0.717) is 17.2 Å². The van der Waals surface area contributed by atoms with Crippen LogP contribution in [0.2, 0.25) is 0 Å². The zero-order chi connectivity index (χ0) is 16.0. The molecule has 0 bridgehead atoms. The molecule has 0 spiro atoms. The molecular weight excluding hydrogens is 274 g/mol. The average Bonchev–Trinajstić information content (AvgIpc) is 2.43. The molecule has 1 aromatic rings. The van der Waals surface area contributed by atoms with E-state index in [2.05, 4.69) is 5.32 Å². The van der Waals surface area contributed by atoms with E-state index in [9.17, 15) is 9.90 Å². The summed E-state index contributed by atoms with van der Waals surface area (Å²) in [5, 5.41) is 12.4. The van der Waals surface area contributed by atoms with Crippen molar-refractivity contribution < 1.29 is 24.1 Å². The topological polar surface area (TPSA) is 77.0 Å². The minimum atomic E-state index is -1.18. The molecule has 1 unspecified atom stereocenters. The van der Waals surface area contributed by atoms with Crippen LogP contribution in [0.25, 0.3) is 0 Å². The predicted octanol–water partition coefficient (Wildman–Crippen LogP) is 1.92. The van der Waals surface area contributed by atoms with Gasteiger partial charge in [-0.15, -0.1) is 0 Å². The highest BCUT2D eigenvalue weighted by molar-refractivity contribution is 5.78. The number of hydrogen-bond donors (Lipinski definition) is 2. The summed E-state index contributed by atoms with van der Waals surface area (Å²) >= 11 is 0. The summed E-state index contributed by atoms with van der Waals surface area (Å²) in [4.78, 5) is 11.4. The second-order valence-electron chi connectivity index (χ2n) is 5.27. The van der Waals surface area contributed by atoms with Gasteiger partial charge in [-0.25, -0.2) is 0 Å². The van der Waals surface area contributed by atoms with Gasteiger partial charge in [-0.05, 0) is 20.8 Å².